The third-order valence-corrected chi connectivity index (χ3v) is 4.90. The van der Waals surface area contributed by atoms with Crippen LogP contribution in [-0.2, 0) is 4.79 Å². The Balaban J connectivity index is 1.56. The van der Waals surface area contributed by atoms with Gasteiger partial charge < -0.3 is 18.9 Å². The Hall–Kier alpha value is -3.75. The van der Waals surface area contributed by atoms with Crippen LogP contribution < -0.4 is 24.4 Å². The first-order valence-corrected chi connectivity index (χ1v) is 10.6. The topological polar surface area (TPSA) is 95.5 Å². The maximum atomic E-state index is 12.4. The van der Waals surface area contributed by atoms with Gasteiger partial charge in [0.15, 0.2) is 18.1 Å². The number of hydrazone groups is 1. The van der Waals surface area contributed by atoms with E-state index in [1.165, 1.54) is 19.4 Å². The minimum atomic E-state index is -0.546. The van der Waals surface area contributed by atoms with Crippen molar-refractivity contribution in [3.8, 4) is 23.0 Å². The molecule has 0 aromatic heterocycles. The van der Waals surface area contributed by atoms with Crippen LogP contribution in [0.3, 0.4) is 0 Å². The van der Waals surface area contributed by atoms with Crippen molar-refractivity contribution in [3.63, 3.8) is 0 Å². The number of nitrogens with one attached hydrogen (secondary N) is 1. The molecule has 0 heterocycles. The molecule has 0 spiro atoms. The fourth-order valence-electron chi connectivity index (χ4n) is 2.68. The van der Waals surface area contributed by atoms with E-state index in [4.69, 9.17) is 42.1 Å². The predicted molar refractivity (Wildman–Crippen MR) is 129 cm³/mol. The summed E-state index contributed by atoms with van der Waals surface area (Å²) in [7, 11) is 2.99. The van der Waals surface area contributed by atoms with Gasteiger partial charge in [0.1, 0.15) is 11.5 Å². The van der Waals surface area contributed by atoms with Crippen LogP contribution >= 0.6 is 23.2 Å². The Labute approximate surface area is 206 Å². The number of methoxy groups -OCH3 is 2. The van der Waals surface area contributed by atoms with Gasteiger partial charge in [-0.1, -0.05) is 23.2 Å². The lowest BCUT2D eigenvalue weighted by Crippen LogP contribution is -2.24. The van der Waals surface area contributed by atoms with Crippen molar-refractivity contribution in [3.05, 3.63) is 81.8 Å². The van der Waals surface area contributed by atoms with Crippen LogP contribution in [-0.4, -0.2) is 38.9 Å². The Morgan fingerprint density at radius 1 is 0.912 bits per heavy atom. The SMILES string of the molecule is COc1ccc(C(=O)Oc2ccc(/C=N/NC(=O)COc3ccc(Cl)cc3Cl)cc2OC)cc1. The average Bonchev–Trinajstić information content (AvgIpc) is 2.84. The Morgan fingerprint density at radius 3 is 2.32 bits per heavy atom. The number of carbonyl (C=O) groups excluding carboxylic acids is 2. The molecule has 0 fully saturated rings. The number of hydrogen-bond donors (Lipinski definition) is 1. The van der Waals surface area contributed by atoms with Crippen molar-refractivity contribution >= 4 is 41.3 Å². The molecule has 3 aromatic carbocycles. The van der Waals surface area contributed by atoms with E-state index in [1.54, 1.807) is 61.7 Å². The predicted octanol–water partition coefficient (Wildman–Crippen LogP) is 4.76. The van der Waals surface area contributed by atoms with E-state index in [0.29, 0.717) is 38.4 Å². The molecule has 3 aromatic rings. The molecule has 3 rings (SSSR count). The van der Waals surface area contributed by atoms with E-state index < -0.39 is 11.9 Å². The van der Waals surface area contributed by atoms with Crippen molar-refractivity contribution in [1.29, 1.82) is 0 Å². The Bertz CT molecular complexity index is 1200. The zero-order valence-corrected chi connectivity index (χ0v) is 19.7. The van der Waals surface area contributed by atoms with Crippen molar-refractivity contribution in [2.24, 2.45) is 5.10 Å². The smallest absolute Gasteiger partial charge is 0.343 e. The molecule has 34 heavy (non-hydrogen) atoms. The molecule has 0 aliphatic heterocycles. The highest BCUT2D eigenvalue weighted by atomic mass is 35.5. The van der Waals surface area contributed by atoms with E-state index in [-0.39, 0.29) is 12.4 Å². The van der Waals surface area contributed by atoms with Crippen LogP contribution in [0.2, 0.25) is 10.0 Å². The maximum absolute atomic E-state index is 12.4. The minimum absolute atomic E-state index is 0.234. The highest BCUT2D eigenvalue weighted by molar-refractivity contribution is 6.35. The first kappa shape index (κ1) is 24.9. The summed E-state index contributed by atoms with van der Waals surface area (Å²) in [5.74, 6) is 0.477. The van der Waals surface area contributed by atoms with Crippen LogP contribution in [0.4, 0.5) is 0 Å². The third-order valence-electron chi connectivity index (χ3n) is 4.37. The van der Waals surface area contributed by atoms with Crippen molar-refractivity contribution in [1.82, 2.24) is 5.43 Å². The summed E-state index contributed by atoms with van der Waals surface area (Å²) in [6.45, 7) is -0.289. The fourth-order valence-corrected chi connectivity index (χ4v) is 3.14. The van der Waals surface area contributed by atoms with Gasteiger partial charge in [0.25, 0.3) is 5.91 Å². The largest absolute Gasteiger partial charge is 0.497 e. The highest BCUT2D eigenvalue weighted by Crippen LogP contribution is 2.29. The van der Waals surface area contributed by atoms with Gasteiger partial charge in [0.05, 0.1) is 31.0 Å². The van der Waals surface area contributed by atoms with Crippen LogP contribution in [0, 0.1) is 0 Å². The molecule has 10 heteroatoms. The molecule has 0 saturated heterocycles. The van der Waals surface area contributed by atoms with Gasteiger partial charge in [-0.15, -0.1) is 0 Å². The molecule has 0 aliphatic rings. The van der Waals surface area contributed by atoms with Crippen molar-refractivity contribution in [2.75, 3.05) is 20.8 Å². The van der Waals surface area contributed by atoms with Gasteiger partial charge in [-0.2, -0.15) is 5.10 Å². The summed E-state index contributed by atoms with van der Waals surface area (Å²) in [6.07, 6.45) is 1.41. The van der Waals surface area contributed by atoms with Gasteiger partial charge in [-0.05, 0) is 66.2 Å². The number of esters is 1. The number of benzene rings is 3. The van der Waals surface area contributed by atoms with Gasteiger partial charge in [0, 0.05) is 5.02 Å². The van der Waals surface area contributed by atoms with Gasteiger partial charge >= 0.3 is 5.97 Å². The fraction of sp³-hybridized carbons (Fsp3) is 0.125. The molecule has 0 atom stereocenters. The molecule has 8 nitrogen and oxygen atoms in total. The number of halogens is 2. The van der Waals surface area contributed by atoms with E-state index in [1.807, 2.05) is 0 Å². The lowest BCUT2D eigenvalue weighted by molar-refractivity contribution is -0.123. The quantitative estimate of drug-likeness (QED) is 0.196. The van der Waals surface area contributed by atoms with Crippen LogP contribution in [0.1, 0.15) is 15.9 Å². The van der Waals surface area contributed by atoms with E-state index in [2.05, 4.69) is 10.5 Å². The summed E-state index contributed by atoms with van der Waals surface area (Å²) >= 11 is 11.8. The number of ether oxygens (including phenoxy) is 4. The molecule has 0 unspecified atom stereocenters. The van der Waals surface area contributed by atoms with E-state index in [9.17, 15) is 9.59 Å². The Kier molecular flexibility index (Phi) is 8.73. The summed E-state index contributed by atoms with van der Waals surface area (Å²) < 4.78 is 21.2. The zero-order chi connectivity index (χ0) is 24.5. The van der Waals surface area contributed by atoms with Crippen LogP contribution in [0.25, 0.3) is 0 Å². The molecule has 1 amide bonds. The van der Waals surface area contributed by atoms with E-state index >= 15 is 0 Å². The van der Waals surface area contributed by atoms with Gasteiger partial charge in [-0.3, -0.25) is 4.79 Å². The first-order chi connectivity index (χ1) is 16.4. The number of rotatable bonds is 9. The highest BCUT2D eigenvalue weighted by Gasteiger charge is 2.13. The molecule has 176 valence electrons. The van der Waals surface area contributed by atoms with Gasteiger partial charge in [-0.25, -0.2) is 10.2 Å². The molecule has 1 N–H and O–H groups in total. The van der Waals surface area contributed by atoms with Crippen molar-refractivity contribution in [2.45, 2.75) is 0 Å². The lowest BCUT2D eigenvalue weighted by atomic mass is 10.2. The maximum Gasteiger partial charge on any atom is 0.343 e. The summed E-state index contributed by atoms with van der Waals surface area (Å²) in [5.41, 5.74) is 3.31. The van der Waals surface area contributed by atoms with Crippen LogP contribution in [0.5, 0.6) is 23.0 Å². The zero-order valence-electron chi connectivity index (χ0n) is 18.2. The number of hydrogen-bond acceptors (Lipinski definition) is 7. The Morgan fingerprint density at radius 2 is 1.65 bits per heavy atom. The molecular formula is C24H20Cl2N2O6. The first-order valence-electron chi connectivity index (χ1n) is 9.83. The summed E-state index contributed by atoms with van der Waals surface area (Å²) in [6, 6.07) is 16.0. The van der Waals surface area contributed by atoms with Crippen LogP contribution in [0.15, 0.2) is 65.8 Å². The number of amides is 1. The second kappa shape index (κ2) is 11.9. The number of nitrogens with zero attached hydrogens (tertiary/aromatic N) is 1. The lowest BCUT2D eigenvalue weighted by Gasteiger charge is -2.10. The normalized spacial score (nSPS) is 10.6. The second-order valence-corrected chi connectivity index (χ2v) is 7.53. The van der Waals surface area contributed by atoms with Gasteiger partial charge in [0.2, 0.25) is 0 Å². The average molecular weight is 503 g/mol. The molecular weight excluding hydrogens is 483 g/mol. The second-order valence-electron chi connectivity index (χ2n) is 6.68. The number of carbonyl (C=O) groups is 2. The van der Waals surface area contributed by atoms with Crippen molar-refractivity contribution < 1.29 is 28.5 Å². The standard InChI is InChI=1S/C24H20Cl2N2O6/c1-31-18-7-4-16(5-8-18)24(30)34-21-9-3-15(11-22(21)32-2)13-27-28-23(29)14-33-20-10-6-17(25)12-19(20)26/h3-13H,14H2,1-2H3,(H,28,29)/b27-13+. The summed E-state index contributed by atoms with van der Waals surface area (Å²) in [5, 5.41) is 4.64. The molecule has 0 saturated carbocycles. The third kappa shape index (κ3) is 6.87. The minimum Gasteiger partial charge on any atom is -0.497 e. The molecule has 0 aliphatic carbocycles. The summed E-state index contributed by atoms with van der Waals surface area (Å²) in [4.78, 5) is 24.3. The molecule has 0 bridgehead atoms. The van der Waals surface area contributed by atoms with E-state index in [0.717, 1.165) is 0 Å². The monoisotopic (exact) mass is 502 g/mol. The molecule has 0 radical (unpaired) electrons.